The molecule has 1 rings (SSSR count). The van der Waals surface area contributed by atoms with Crippen LogP contribution in [0.25, 0.3) is 0 Å². The van der Waals surface area contributed by atoms with E-state index in [1.165, 1.54) is 12.8 Å². The quantitative estimate of drug-likeness (QED) is 0.775. The molecule has 3 nitrogen and oxygen atoms in total. The van der Waals surface area contributed by atoms with Crippen LogP contribution < -0.4 is 5.73 Å². The van der Waals surface area contributed by atoms with Crippen molar-refractivity contribution in [3.8, 4) is 0 Å². The van der Waals surface area contributed by atoms with Gasteiger partial charge < -0.3 is 10.8 Å². The normalized spacial score (nSPS) is 29.6. The fourth-order valence-corrected chi connectivity index (χ4v) is 2.56. The third kappa shape index (κ3) is 4.23. The first kappa shape index (κ1) is 14.9. The Morgan fingerprint density at radius 3 is 2.24 bits per heavy atom. The molecule has 0 aromatic rings. The molecule has 0 bridgehead atoms. The number of hydrogen-bond donors (Lipinski definition) is 2. The van der Waals surface area contributed by atoms with Gasteiger partial charge in [0, 0.05) is 18.6 Å². The molecule has 1 fully saturated rings. The smallest absolute Gasteiger partial charge is 0.0768 e. The number of aliphatic hydroxyl groups is 1. The van der Waals surface area contributed by atoms with Gasteiger partial charge in [0.15, 0.2) is 0 Å². The lowest BCUT2D eigenvalue weighted by atomic mass is 9.87. The van der Waals surface area contributed by atoms with Crippen LogP contribution in [0, 0.1) is 5.92 Å². The van der Waals surface area contributed by atoms with Gasteiger partial charge in [-0.1, -0.05) is 20.8 Å². The fraction of sp³-hybridized carbons (Fsp3) is 1.00. The van der Waals surface area contributed by atoms with Crippen molar-refractivity contribution < 1.29 is 5.11 Å². The van der Waals surface area contributed by atoms with Gasteiger partial charge >= 0.3 is 0 Å². The van der Waals surface area contributed by atoms with Gasteiger partial charge in [0.2, 0.25) is 0 Å². The van der Waals surface area contributed by atoms with Gasteiger partial charge in [-0.3, -0.25) is 4.90 Å². The molecule has 102 valence electrons. The zero-order valence-corrected chi connectivity index (χ0v) is 11.9. The monoisotopic (exact) mass is 242 g/mol. The van der Waals surface area contributed by atoms with E-state index < -0.39 is 5.60 Å². The van der Waals surface area contributed by atoms with Crippen LogP contribution in [0.5, 0.6) is 0 Å². The fourth-order valence-electron chi connectivity index (χ4n) is 2.56. The molecule has 3 heteroatoms. The lowest BCUT2D eigenvalue weighted by molar-refractivity contribution is -0.0321. The van der Waals surface area contributed by atoms with E-state index in [0.29, 0.717) is 18.0 Å². The van der Waals surface area contributed by atoms with E-state index in [0.717, 1.165) is 25.9 Å². The van der Waals surface area contributed by atoms with Crippen LogP contribution in [-0.2, 0) is 0 Å². The summed E-state index contributed by atoms with van der Waals surface area (Å²) in [7, 11) is 0. The Bertz CT molecular complexity index is 220. The van der Waals surface area contributed by atoms with Crippen LogP contribution >= 0.6 is 0 Å². The molecule has 17 heavy (non-hydrogen) atoms. The largest absolute Gasteiger partial charge is 0.389 e. The third-order valence-corrected chi connectivity index (χ3v) is 4.43. The van der Waals surface area contributed by atoms with Crippen molar-refractivity contribution in [2.24, 2.45) is 11.7 Å². The Labute approximate surface area is 106 Å². The molecule has 0 aliphatic heterocycles. The van der Waals surface area contributed by atoms with Crippen molar-refractivity contribution in [3.05, 3.63) is 0 Å². The molecule has 1 saturated carbocycles. The maximum atomic E-state index is 10.4. The maximum Gasteiger partial charge on any atom is 0.0768 e. The standard InChI is InChI=1S/C14H30N2O/c1-5-16(10-14(4,17)11(2)3)13-8-6-12(15)7-9-13/h11-13,17H,5-10,15H2,1-4H3. The predicted molar refractivity (Wildman–Crippen MR) is 72.9 cm³/mol. The molecule has 1 unspecified atom stereocenters. The first-order valence-corrected chi connectivity index (χ1v) is 7.08. The SMILES string of the molecule is CCN(CC(C)(O)C(C)C)C1CCC(N)CC1. The summed E-state index contributed by atoms with van der Waals surface area (Å²) in [6.07, 6.45) is 4.63. The van der Waals surface area contributed by atoms with Crippen LogP contribution in [-0.4, -0.2) is 40.8 Å². The van der Waals surface area contributed by atoms with Crippen molar-refractivity contribution in [1.29, 1.82) is 0 Å². The highest BCUT2D eigenvalue weighted by Gasteiger charge is 2.31. The molecule has 1 atom stereocenters. The summed E-state index contributed by atoms with van der Waals surface area (Å²) in [6.45, 7) is 10.1. The minimum absolute atomic E-state index is 0.294. The number of nitrogens with two attached hydrogens (primary N) is 1. The molecule has 0 aromatic heterocycles. The van der Waals surface area contributed by atoms with Crippen molar-refractivity contribution in [2.75, 3.05) is 13.1 Å². The van der Waals surface area contributed by atoms with E-state index in [1.807, 2.05) is 6.92 Å². The molecule has 0 aromatic carbocycles. The Kier molecular flexibility index (Phi) is 5.42. The summed E-state index contributed by atoms with van der Waals surface area (Å²) in [4.78, 5) is 2.44. The van der Waals surface area contributed by atoms with E-state index in [9.17, 15) is 5.11 Å². The van der Waals surface area contributed by atoms with Crippen LogP contribution in [0.3, 0.4) is 0 Å². The van der Waals surface area contributed by atoms with E-state index in [-0.39, 0.29) is 0 Å². The van der Waals surface area contributed by atoms with Gasteiger partial charge in [0.1, 0.15) is 0 Å². The van der Waals surface area contributed by atoms with Gasteiger partial charge in [-0.25, -0.2) is 0 Å². The molecule has 0 radical (unpaired) electrons. The highest BCUT2D eigenvalue weighted by Crippen LogP contribution is 2.25. The molecule has 0 saturated heterocycles. The van der Waals surface area contributed by atoms with Crippen molar-refractivity contribution >= 4 is 0 Å². The summed E-state index contributed by atoms with van der Waals surface area (Å²) >= 11 is 0. The van der Waals surface area contributed by atoms with Crippen LogP contribution in [0.4, 0.5) is 0 Å². The van der Waals surface area contributed by atoms with E-state index in [4.69, 9.17) is 5.73 Å². The number of hydrogen-bond acceptors (Lipinski definition) is 3. The molecule has 0 heterocycles. The molecule has 0 spiro atoms. The van der Waals surface area contributed by atoms with E-state index in [2.05, 4.69) is 25.7 Å². The lowest BCUT2D eigenvalue weighted by Gasteiger charge is -2.40. The Morgan fingerprint density at radius 2 is 1.82 bits per heavy atom. The van der Waals surface area contributed by atoms with Gasteiger partial charge in [-0.15, -0.1) is 0 Å². The zero-order chi connectivity index (χ0) is 13.1. The van der Waals surface area contributed by atoms with Crippen LogP contribution in [0.15, 0.2) is 0 Å². The molecule has 0 amide bonds. The summed E-state index contributed by atoms with van der Waals surface area (Å²) in [6, 6.07) is 1.01. The molecular formula is C14H30N2O. The third-order valence-electron chi connectivity index (χ3n) is 4.43. The number of nitrogens with zero attached hydrogens (tertiary/aromatic N) is 1. The summed E-state index contributed by atoms with van der Waals surface area (Å²) in [5, 5.41) is 10.4. The van der Waals surface area contributed by atoms with Gasteiger partial charge in [-0.05, 0) is 45.1 Å². The highest BCUT2D eigenvalue weighted by atomic mass is 16.3. The molecule has 1 aliphatic carbocycles. The second kappa shape index (κ2) is 6.17. The first-order chi connectivity index (χ1) is 7.86. The second-order valence-electron chi connectivity index (χ2n) is 6.14. The molecular weight excluding hydrogens is 212 g/mol. The van der Waals surface area contributed by atoms with E-state index in [1.54, 1.807) is 0 Å². The van der Waals surface area contributed by atoms with Crippen molar-refractivity contribution in [2.45, 2.75) is 71.1 Å². The summed E-state index contributed by atoms with van der Waals surface area (Å²) in [5.74, 6) is 0.294. The minimum Gasteiger partial charge on any atom is -0.389 e. The van der Waals surface area contributed by atoms with Gasteiger partial charge in [0.05, 0.1) is 5.60 Å². The average molecular weight is 242 g/mol. The van der Waals surface area contributed by atoms with E-state index >= 15 is 0 Å². The number of rotatable bonds is 5. The zero-order valence-electron chi connectivity index (χ0n) is 11.9. The lowest BCUT2D eigenvalue weighted by Crippen LogP contribution is -2.50. The van der Waals surface area contributed by atoms with Crippen molar-refractivity contribution in [3.63, 3.8) is 0 Å². The Morgan fingerprint density at radius 1 is 1.29 bits per heavy atom. The topological polar surface area (TPSA) is 49.5 Å². The highest BCUT2D eigenvalue weighted by molar-refractivity contribution is 4.86. The Hall–Kier alpha value is -0.120. The van der Waals surface area contributed by atoms with Gasteiger partial charge in [0.25, 0.3) is 0 Å². The number of likely N-dealkylation sites (N-methyl/N-ethyl adjacent to an activating group) is 1. The molecule has 1 aliphatic rings. The van der Waals surface area contributed by atoms with Gasteiger partial charge in [-0.2, -0.15) is 0 Å². The van der Waals surface area contributed by atoms with Crippen molar-refractivity contribution in [1.82, 2.24) is 4.90 Å². The average Bonchev–Trinajstić information content (AvgIpc) is 2.27. The second-order valence-corrected chi connectivity index (χ2v) is 6.14. The summed E-state index contributed by atoms with van der Waals surface area (Å²) < 4.78 is 0. The predicted octanol–water partition coefficient (Wildman–Crippen LogP) is 1.99. The first-order valence-electron chi connectivity index (χ1n) is 7.08. The Balaban J connectivity index is 2.54. The van der Waals surface area contributed by atoms with Crippen LogP contribution in [0.2, 0.25) is 0 Å². The maximum absolute atomic E-state index is 10.4. The molecule has 3 N–H and O–H groups in total. The minimum atomic E-state index is -0.588. The summed E-state index contributed by atoms with van der Waals surface area (Å²) in [5.41, 5.74) is 5.36. The van der Waals surface area contributed by atoms with Crippen LogP contribution in [0.1, 0.15) is 53.4 Å².